The molecule has 4 aromatic rings. The molecule has 1 aromatic heterocycles. The van der Waals surface area contributed by atoms with E-state index < -0.39 is 45.8 Å². The van der Waals surface area contributed by atoms with Gasteiger partial charge in [0.2, 0.25) is 11.6 Å². The number of fused-ring (bicyclic) bond motifs is 1. The first kappa shape index (κ1) is 30.5. The lowest BCUT2D eigenvalue weighted by atomic mass is 9.73. The zero-order chi connectivity index (χ0) is 31.2. The summed E-state index contributed by atoms with van der Waals surface area (Å²) in [6.45, 7) is 0. The Balaban J connectivity index is 0.000000213. The molecule has 0 aliphatic carbocycles. The van der Waals surface area contributed by atoms with Crippen LogP contribution in [0.25, 0.3) is 0 Å². The number of aromatic nitrogens is 2. The molecule has 0 amide bonds. The summed E-state index contributed by atoms with van der Waals surface area (Å²) in [6, 6.07) is 23.2. The molecule has 0 saturated carbocycles. The average molecular weight is 582 g/mol. The Kier molecular flexibility index (Phi) is 8.95. The van der Waals surface area contributed by atoms with Crippen LogP contribution in [-0.4, -0.2) is 64.7 Å². The molecule has 0 bridgehead atoms. The number of aryl methyl sites for hydroxylation is 1. The summed E-state index contributed by atoms with van der Waals surface area (Å²) in [5, 5.41) is 48.7. The minimum atomic E-state index is -3.95. The van der Waals surface area contributed by atoms with E-state index in [1.165, 1.54) is 54.1 Å². The van der Waals surface area contributed by atoms with Crippen LogP contribution < -0.4 is 0 Å². The molecule has 11 heteroatoms. The van der Waals surface area contributed by atoms with Crippen LogP contribution in [0, 0.1) is 11.3 Å². The van der Waals surface area contributed by atoms with Crippen molar-refractivity contribution in [2.24, 2.45) is 0 Å². The number of nitrogens with zero attached hydrogens (tertiary/aromatic N) is 3. The third kappa shape index (κ3) is 5.70. The Bertz CT molecular complexity index is 1610. The number of nitriles is 1. The molecular weight excluding hydrogens is 554 g/mol. The van der Waals surface area contributed by atoms with Crippen molar-refractivity contribution in [2.75, 3.05) is 0 Å². The number of aliphatic hydroxyl groups is 2. The van der Waals surface area contributed by atoms with E-state index in [4.69, 9.17) is 5.26 Å². The molecule has 3 aromatic carbocycles. The number of hydrogen-bond donors (Lipinski definition) is 4. The molecule has 0 saturated heterocycles. The maximum absolute atomic E-state index is 12.6. The highest BCUT2D eigenvalue weighted by Crippen LogP contribution is 2.32. The normalized spacial score (nSPS) is 16.5. The number of aliphatic carboxylic acids is 2. The van der Waals surface area contributed by atoms with E-state index in [2.05, 4.69) is 27.8 Å². The Morgan fingerprint density at radius 3 is 1.72 bits per heavy atom. The van der Waals surface area contributed by atoms with Crippen LogP contribution in [-0.2, 0) is 16.0 Å². The van der Waals surface area contributed by atoms with E-state index >= 15 is 0 Å². The lowest BCUT2D eigenvalue weighted by Gasteiger charge is -2.34. The first-order valence-electron chi connectivity index (χ1n) is 13.2. The topological polar surface area (TPSA) is 191 Å². The van der Waals surface area contributed by atoms with Crippen LogP contribution in [0.4, 0.5) is 0 Å². The number of rotatable bonds is 8. The number of ketones is 2. The van der Waals surface area contributed by atoms with Gasteiger partial charge in [0.05, 0.1) is 24.0 Å². The second-order valence-corrected chi connectivity index (χ2v) is 9.86. The van der Waals surface area contributed by atoms with Crippen LogP contribution in [0.5, 0.6) is 0 Å². The summed E-state index contributed by atoms with van der Waals surface area (Å²) >= 11 is 0. The van der Waals surface area contributed by atoms with Crippen molar-refractivity contribution in [2.45, 2.75) is 36.5 Å². The number of carbonyl (C=O) groups excluding carboxylic acids is 2. The van der Waals surface area contributed by atoms with Crippen LogP contribution in [0.2, 0.25) is 0 Å². The van der Waals surface area contributed by atoms with Gasteiger partial charge in [0.1, 0.15) is 0 Å². The van der Waals surface area contributed by atoms with Crippen molar-refractivity contribution in [1.29, 1.82) is 5.26 Å². The zero-order valence-corrected chi connectivity index (χ0v) is 22.7. The minimum absolute atomic E-state index is 0.383. The molecule has 4 N–H and O–H groups in total. The fourth-order valence-corrected chi connectivity index (χ4v) is 4.96. The summed E-state index contributed by atoms with van der Waals surface area (Å²) in [5.41, 5.74) is -5.39. The van der Waals surface area contributed by atoms with Crippen LogP contribution in [0.15, 0.2) is 97.5 Å². The van der Waals surface area contributed by atoms with Crippen molar-refractivity contribution >= 4 is 23.5 Å². The monoisotopic (exact) mass is 581 g/mol. The Hall–Kier alpha value is -5.44. The van der Waals surface area contributed by atoms with Gasteiger partial charge in [0.25, 0.3) is 11.2 Å². The molecule has 1 unspecified atom stereocenters. The lowest BCUT2D eigenvalue weighted by Crippen LogP contribution is -2.71. The summed E-state index contributed by atoms with van der Waals surface area (Å²) in [4.78, 5) is 52.8. The molecule has 0 fully saturated rings. The van der Waals surface area contributed by atoms with E-state index in [1.54, 1.807) is 0 Å². The van der Waals surface area contributed by atoms with E-state index in [0.29, 0.717) is 6.04 Å². The predicted octanol–water partition coefficient (Wildman–Crippen LogP) is 3.06. The number of imidazole rings is 1. The number of carboxylic acid groups (broad SMARTS) is 2. The van der Waals surface area contributed by atoms with Gasteiger partial charge in [-0.05, 0) is 37.0 Å². The fraction of sp³-hybridized carbons (Fsp3) is 0.188. The van der Waals surface area contributed by atoms with Crippen molar-refractivity contribution < 1.29 is 39.6 Å². The van der Waals surface area contributed by atoms with Gasteiger partial charge < -0.3 is 25.0 Å². The average Bonchev–Trinajstić information content (AvgIpc) is 3.53. The highest BCUT2D eigenvalue weighted by atomic mass is 16.5. The summed E-state index contributed by atoms with van der Waals surface area (Å²) < 4.78 is 2.25. The number of benzene rings is 3. The maximum Gasteiger partial charge on any atom is 0.348 e. The summed E-state index contributed by atoms with van der Waals surface area (Å²) in [5.74, 6) is -8.03. The van der Waals surface area contributed by atoms with Gasteiger partial charge in [0.15, 0.2) is 0 Å². The van der Waals surface area contributed by atoms with Gasteiger partial charge in [-0.3, -0.25) is 9.59 Å². The quantitative estimate of drug-likeness (QED) is 0.178. The highest BCUT2D eigenvalue weighted by Gasteiger charge is 2.69. The number of Topliss-reactive ketones (excluding diaryl/α,β-unsaturated/α-hetero) is 2. The van der Waals surface area contributed by atoms with Crippen LogP contribution in [0.3, 0.4) is 0 Å². The maximum atomic E-state index is 12.6. The van der Waals surface area contributed by atoms with E-state index in [9.17, 15) is 39.6 Å². The van der Waals surface area contributed by atoms with Gasteiger partial charge in [-0.2, -0.15) is 5.26 Å². The first-order chi connectivity index (χ1) is 20.5. The van der Waals surface area contributed by atoms with Crippen LogP contribution >= 0.6 is 0 Å². The second kappa shape index (κ2) is 12.6. The third-order valence-corrected chi connectivity index (χ3v) is 7.29. The van der Waals surface area contributed by atoms with E-state index in [1.807, 2.05) is 24.7 Å². The predicted molar refractivity (Wildman–Crippen MR) is 151 cm³/mol. The van der Waals surface area contributed by atoms with Gasteiger partial charge in [-0.1, -0.05) is 72.8 Å². The molecule has 0 spiro atoms. The smallest absolute Gasteiger partial charge is 0.348 e. The molecule has 0 radical (unpaired) electrons. The molecule has 5 rings (SSSR count). The molecule has 43 heavy (non-hydrogen) atoms. The Morgan fingerprint density at radius 2 is 1.28 bits per heavy atom. The van der Waals surface area contributed by atoms with Gasteiger partial charge in [-0.25, -0.2) is 14.6 Å². The lowest BCUT2D eigenvalue weighted by molar-refractivity contribution is -0.187. The molecular formula is C32H27N3O8. The van der Waals surface area contributed by atoms with E-state index in [0.717, 1.165) is 42.7 Å². The van der Waals surface area contributed by atoms with Gasteiger partial charge in [0, 0.05) is 23.0 Å². The summed E-state index contributed by atoms with van der Waals surface area (Å²) in [6.07, 6.45) is 7.34. The zero-order valence-electron chi connectivity index (χ0n) is 22.7. The number of carboxylic acids is 2. The third-order valence-electron chi connectivity index (χ3n) is 7.29. The molecule has 218 valence electrons. The second-order valence-electron chi connectivity index (χ2n) is 9.86. The van der Waals surface area contributed by atoms with Gasteiger partial charge in [-0.15, -0.1) is 0 Å². The standard InChI is InChI=1S/C18H14O8.C14H13N3/c19-13(11-7-3-1-4-8-11)17(25,15(21)22)18(26,16(23)24)14(20)12-9-5-2-6-10-12;15-8-11-4-6-12(7-5-11)14-3-1-2-13-9-16-10-17(13)14/h1-10,25-26H,(H,21,22)(H,23,24);4-7,9-10,14H,1-3H2/t17-,18-;/m0./s1. The minimum Gasteiger partial charge on any atom is -0.479 e. The van der Waals surface area contributed by atoms with Crippen LogP contribution in [0.1, 0.15) is 56.4 Å². The van der Waals surface area contributed by atoms with Crippen molar-refractivity contribution in [3.8, 4) is 6.07 Å². The highest BCUT2D eigenvalue weighted by molar-refractivity contribution is 6.28. The van der Waals surface area contributed by atoms with Crippen molar-refractivity contribution in [3.63, 3.8) is 0 Å². The van der Waals surface area contributed by atoms with Gasteiger partial charge >= 0.3 is 11.9 Å². The molecule has 1 aliphatic heterocycles. The molecule has 2 heterocycles. The molecule has 3 atom stereocenters. The summed E-state index contributed by atoms with van der Waals surface area (Å²) in [7, 11) is 0. The number of carbonyl (C=O) groups is 4. The number of hydrogen-bond acceptors (Lipinski definition) is 8. The van der Waals surface area contributed by atoms with E-state index in [-0.39, 0.29) is 0 Å². The molecule has 11 nitrogen and oxygen atoms in total. The fourth-order valence-electron chi connectivity index (χ4n) is 4.96. The molecule has 1 aliphatic rings. The van der Waals surface area contributed by atoms with Crippen molar-refractivity contribution in [1.82, 2.24) is 9.55 Å². The van der Waals surface area contributed by atoms with Crippen molar-refractivity contribution in [3.05, 3.63) is 125 Å². The first-order valence-corrected chi connectivity index (χ1v) is 13.2. The SMILES string of the molecule is N#Cc1ccc(C2CCCc3cncn32)cc1.O=C(O)[C@@](O)(C(=O)c1ccccc1)[C@@](O)(C(=O)O)C(=O)c1ccccc1. The Labute approximate surface area is 245 Å². The largest absolute Gasteiger partial charge is 0.479 e. The Morgan fingerprint density at radius 1 is 0.791 bits per heavy atom.